The van der Waals surface area contributed by atoms with Crippen LogP contribution in [-0.2, 0) is 11.3 Å². The average molecular weight is 517 g/mol. The van der Waals surface area contributed by atoms with E-state index in [1.165, 1.54) is 17.9 Å². The van der Waals surface area contributed by atoms with Crippen molar-refractivity contribution in [3.63, 3.8) is 0 Å². The second-order valence-corrected chi connectivity index (χ2v) is 9.08. The van der Waals surface area contributed by atoms with Crippen molar-refractivity contribution in [3.05, 3.63) is 58.8 Å². The number of fused-ring (bicyclic) bond motifs is 1. The van der Waals surface area contributed by atoms with Gasteiger partial charge < -0.3 is 20.3 Å². The second kappa shape index (κ2) is 10.7. The summed E-state index contributed by atoms with van der Waals surface area (Å²) < 4.78 is 38.1. The van der Waals surface area contributed by atoms with Gasteiger partial charge in [-0.15, -0.1) is 0 Å². The highest BCUT2D eigenvalue weighted by Gasteiger charge is 2.31. The molecule has 1 aliphatic heterocycles. The predicted molar refractivity (Wildman–Crippen MR) is 134 cm³/mol. The van der Waals surface area contributed by atoms with Crippen LogP contribution in [0.5, 0.6) is 5.75 Å². The van der Waals surface area contributed by atoms with Gasteiger partial charge >= 0.3 is 12.1 Å². The minimum atomic E-state index is -2.47. The van der Waals surface area contributed by atoms with Crippen LogP contribution in [-0.4, -0.2) is 78.4 Å². The number of rotatable bonds is 7. The van der Waals surface area contributed by atoms with Gasteiger partial charge in [-0.1, -0.05) is 6.07 Å². The molecule has 0 radical (unpaired) electrons. The maximum absolute atomic E-state index is 13.2. The van der Waals surface area contributed by atoms with Crippen LogP contribution in [0.2, 0.25) is 0 Å². The topological polar surface area (TPSA) is 110 Å². The van der Waals surface area contributed by atoms with E-state index in [1.807, 2.05) is 13.0 Å². The van der Waals surface area contributed by atoms with Crippen molar-refractivity contribution in [1.82, 2.24) is 14.4 Å². The van der Waals surface area contributed by atoms with Crippen molar-refractivity contribution in [1.29, 1.82) is 0 Å². The van der Waals surface area contributed by atoms with Gasteiger partial charge in [0, 0.05) is 55.1 Å². The molecule has 0 amide bonds. The molecule has 3 N–H and O–H groups in total. The van der Waals surface area contributed by atoms with E-state index in [9.17, 15) is 23.5 Å². The predicted octanol–water partition coefficient (Wildman–Crippen LogP) is 3.98. The Morgan fingerprint density at radius 3 is 2.57 bits per heavy atom. The van der Waals surface area contributed by atoms with Crippen molar-refractivity contribution >= 4 is 28.7 Å². The van der Waals surface area contributed by atoms with E-state index in [0.29, 0.717) is 37.4 Å². The Hall–Kier alpha value is -3.70. The average Bonchev–Trinajstić information content (AvgIpc) is 3.32. The van der Waals surface area contributed by atoms with Crippen LogP contribution in [0.3, 0.4) is 0 Å². The molecular formula is C26H30F2N4O5. The molecule has 37 heavy (non-hydrogen) atoms. The van der Waals surface area contributed by atoms with Crippen molar-refractivity contribution in [2.24, 2.45) is 0 Å². The Morgan fingerprint density at radius 2 is 1.95 bits per heavy atom. The van der Waals surface area contributed by atoms with Crippen LogP contribution in [0.25, 0.3) is 10.9 Å². The molecule has 2 aromatic carbocycles. The molecule has 11 heteroatoms. The summed E-state index contributed by atoms with van der Waals surface area (Å²) in [5.74, 6) is 0.0565. The molecule has 0 bridgehead atoms. The first-order chi connectivity index (χ1) is 17.6. The van der Waals surface area contributed by atoms with Gasteiger partial charge in [0.1, 0.15) is 5.75 Å². The number of hydrogen-bond acceptors (Lipinski definition) is 7. The summed E-state index contributed by atoms with van der Waals surface area (Å²) in [7, 11) is 2.83. The molecule has 198 valence electrons. The summed E-state index contributed by atoms with van der Waals surface area (Å²) in [5, 5.41) is 10.4. The standard InChI is InChI=1S/C26H30F2N4O5/c1-15-10-22(36-2)19(17-6-7-32(24(15)17)26(34)35)12-31-9-8-30(14-23(27)28)13-21(31)16-4-5-18(20(29)11-16)25(33)37-3/h4-7,10-11,21,23H,8-9,12-14,29H2,1-3H3,(H,34,35). The zero-order chi connectivity index (χ0) is 26.9. The Bertz CT molecular complexity index is 1330. The number of nitrogens with zero attached hydrogens (tertiary/aromatic N) is 3. The van der Waals surface area contributed by atoms with E-state index in [0.717, 1.165) is 22.1 Å². The zero-order valence-corrected chi connectivity index (χ0v) is 20.9. The van der Waals surface area contributed by atoms with Crippen LogP contribution >= 0.6 is 0 Å². The van der Waals surface area contributed by atoms with E-state index in [-0.39, 0.29) is 23.8 Å². The molecule has 4 rings (SSSR count). The highest BCUT2D eigenvalue weighted by atomic mass is 19.3. The molecule has 9 nitrogen and oxygen atoms in total. The first-order valence-corrected chi connectivity index (χ1v) is 11.8. The van der Waals surface area contributed by atoms with E-state index in [4.69, 9.17) is 15.2 Å². The van der Waals surface area contributed by atoms with Crippen molar-refractivity contribution < 1.29 is 33.0 Å². The molecule has 1 unspecified atom stereocenters. The van der Waals surface area contributed by atoms with E-state index >= 15 is 0 Å². The minimum Gasteiger partial charge on any atom is -0.496 e. The third kappa shape index (κ3) is 5.23. The van der Waals surface area contributed by atoms with Gasteiger partial charge in [0.25, 0.3) is 6.43 Å². The number of halogens is 2. The number of anilines is 1. The van der Waals surface area contributed by atoms with Gasteiger partial charge in [0.2, 0.25) is 0 Å². The molecule has 0 saturated carbocycles. The van der Waals surface area contributed by atoms with Gasteiger partial charge in [0.05, 0.1) is 31.8 Å². The summed E-state index contributed by atoms with van der Waals surface area (Å²) in [6, 6.07) is 8.26. The lowest BCUT2D eigenvalue weighted by Gasteiger charge is -2.42. The number of piperazine rings is 1. The van der Waals surface area contributed by atoms with E-state index in [2.05, 4.69) is 4.90 Å². The third-order valence-electron chi connectivity index (χ3n) is 6.85. The van der Waals surface area contributed by atoms with Gasteiger partial charge in [-0.05, 0) is 42.3 Å². The molecule has 2 heterocycles. The lowest BCUT2D eigenvalue weighted by molar-refractivity contribution is 0.0246. The maximum atomic E-state index is 13.2. The van der Waals surface area contributed by atoms with Crippen molar-refractivity contribution in [2.45, 2.75) is 25.9 Å². The number of nitrogen functional groups attached to an aromatic ring is 1. The number of hydrogen-bond donors (Lipinski definition) is 2. The number of methoxy groups -OCH3 is 2. The van der Waals surface area contributed by atoms with E-state index in [1.54, 1.807) is 36.3 Å². The normalized spacial score (nSPS) is 16.9. The smallest absolute Gasteiger partial charge is 0.416 e. The molecule has 1 saturated heterocycles. The number of aromatic nitrogens is 1. The SMILES string of the molecule is COC(=O)c1ccc(C2CN(CC(F)F)CCN2Cc2c(OC)cc(C)c3c2ccn3C(=O)O)cc1N. The van der Waals surface area contributed by atoms with Crippen LogP contribution < -0.4 is 10.5 Å². The number of aryl methyl sites for hydroxylation is 1. The molecule has 1 aliphatic rings. The summed E-state index contributed by atoms with van der Waals surface area (Å²) in [5.41, 5.74) is 9.53. The van der Waals surface area contributed by atoms with Crippen molar-refractivity contribution in [3.8, 4) is 5.75 Å². The van der Waals surface area contributed by atoms with Gasteiger partial charge in [-0.3, -0.25) is 14.4 Å². The lowest BCUT2D eigenvalue weighted by atomic mass is 9.97. The minimum absolute atomic E-state index is 0.231. The fourth-order valence-corrected chi connectivity index (χ4v) is 5.10. The Balaban J connectivity index is 1.75. The van der Waals surface area contributed by atoms with E-state index < -0.39 is 18.5 Å². The van der Waals surface area contributed by atoms with Crippen LogP contribution in [0, 0.1) is 6.92 Å². The monoisotopic (exact) mass is 516 g/mol. The number of benzene rings is 2. The summed E-state index contributed by atoms with van der Waals surface area (Å²) >= 11 is 0. The van der Waals surface area contributed by atoms with Gasteiger partial charge in [-0.2, -0.15) is 0 Å². The number of carbonyl (C=O) groups is 2. The van der Waals surface area contributed by atoms with Crippen LogP contribution in [0.15, 0.2) is 36.5 Å². The molecule has 3 aromatic rings. The van der Waals surface area contributed by atoms with Crippen LogP contribution in [0.4, 0.5) is 19.3 Å². The Kier molecular flexibility index (Phi) is 7.65. The highest BCUT2D eigenvalue weighted by molar-refractivity contribution is 5.95. The zero-order valence-electron chi connectivity index (χ0n) is 20.9. The fourth-order valence-electron chi connectivity index (χ4n) is 5.10. The summed E-state index contributed by atoms with van der Waals surface area (Å²) in [4.78, 5) is 27.6. The molecular weight excluding hydrogens is 486 g/mol. The lowest BCUT2D eigenvalue weighted by Crippen LogP contribution is -2.49. The third-order valence-corrected chi connectivity index (χ3v) is 6.85. The maximum Gasteiger partial charge on any atom is 0.416 e. The number of ether oxygens (including phenoxy) is 2. The quantitative estimate of drug-likeness (QED) is 0.359. The first kappa shape index (κ1) is 26.4. The molecule has 0 aliphatic carbocycles. The van der Waals surface area contributed by atoms with Gasteiger partial charge in [-0.25, -0.2) is 18.4 Å². The Labute approximate surface area is 212 Å². The molecule has 1 fully saturated rings. The number of nitrogens with two attached hydrogens (primary N) is 1. The number of carboxylic acid groups (broad SMARTS) is 1. The Morgan fingerprint density at radius 1 is 1.19 bits per heavy atom. The number of alkyl halides is 2. The van der Waals surface area contributed by atoms with Crippen molar-refractivity contribution in [2.75, 3.05) is 46.1 Å². The summed E-state index contributed by atoms with van der Waals surface area (Å²) in [6.45, 7) is 3.10. The summed E-state index contributed by atoms with van der Waals surface area (Å²) in [6.07, 6.45) is -2.05. The first-order valence-electron chi connectivity index (χ1n) is 11.8. The van der Waals surface area contributed by atoms with Gasteiger partial charge in [0.15, 0.2) is 0 Å². The molecule has 1 aromatic heterocycles. The largest absolute Gasteiger partial charge is 0.496 e. The number of esters is 1. The van der Waals surface area contributed by atoms with Crippen LogP contribution in [0.1, 0.15) is 33.1 Å². The fraction of sp³-hybridized carbons (Fsp3) is 0.385. The second-order valence-electron chi connectivity index (χ2n) is 9.08. The molecule has 1 atom stereocenters. The number of carbonyl (C=O) groups excluding carboxylic acids is 1. The highest BCUT2D eigenvalue weighted by Crippen LogP contribution is 2.36. The molecule has 0 spiro atoms.